The fourth-order valence-electron chi connectivity index (χ4n) is 2.99. The summed E-state index contributed by atoms with van der Waals surface area (Å²) in [5.41, 5.74) is 0.416. The summed E-state index contributed by atoms with van der Waals surface area (Å²) in [4.78, 5) is 13.7. The first kappa shape index (κ1) is 21.4. The van der Waals surface area contributed by atoms with Crippen LogP contribution in [0.15, 0.2) is 47.4 Å². The van der Waals surface area contributed by atoms with E-state index in [4.69, 9.17) is 0 Å². The van der Waals surface area contributed by atoms with Crippen molar-refractivity contribution in [2.24, 2.45) is 5.92 Å². The fraction of sp³-hybridized carbons (Fsp3) is 0.318. The zero-order chi connectivity index (χ0) is 22.0. The number of benzene rings is 1. The van der Waals surface area contributed by atoms with E-state index in [-0.39, 0.29) is 23.0 Å². The standard InChI is InChI=1S/C22H22F3N5S/c1-22(24,25)18-5-3-4-17(28-18)21-29-19(26-12-13-6-7-13)11-20(30-21)27-15-8-14(23)9-16(10-15)31-2/h3-5,8-11,13H,6-7,12H2,1-2H3,(H2,26,27,29,30). The molecule has 0 unspecified atom stereocenters. The summed E-state index contributed by atoms with van der Waals surface area (Å²) in [5, 5.41) is 6.37. The van der Waals surface area contributed by atoms with E-state index < -0.39 is 5.92 Å². The highest BCUT2D eigenvalue weighted by Crippen LogP contribution is 2.31. The highest BCUT2D eigenvalue weighted by molar-refractivity contribution is 7.98. The van der Waals surface area contributed by atoms with Gasteiger partial charge in [-0.15, -0.1) is 11.8 Å². The van der Waals surface area contributed by atoms with E-state index in [0.717, 1.165) is 18.4 Å². The molecule has 9 heteroatoms. The second-order valence-electron chi connectivity index (χ2n) is 7.59. The summed E-state index contributed by atoms with van der Waals surface area (Å²) in [7, 11) is 0. The molecule has 0 bridgehead atoms. The first-order chi connectivity index (χ1) is 14.8. The van der Waals surface area contributed by atoms with Gasteiger partial charge in [0, 0.05) is 30.1 Å². The van der Waals surface area contributed by atoms with Crippen LogP contribution < -0.4 is 10.6 Å². The molecule has 1 fully saturated rings. The molecule has 2 N–H and O–H groups in total. The number of nitrogens with zero attached hydrogens (tertiary/aromatic N) is 3. The Morgan fingerprint density at radius 1 is 1.06 bits per heavy atom. The first-order valence-corrected chi connectivity index (χ1v) is 11.1. The van der Waals surface area contributed by atoms with Gasteiger partial charge in [-0.05, 0) is 55.3 Å². The Morgan fingerprint density at radius 2 is 1.84 bits per heavy atom. The molecule has 0 aliphatic heterocycles. The lowest BCUT2D eigenvalue weighted by molar-refractivity contribution is 0.0129. The Kier molecular flexibility index (Phi) is 6.04. The molecule has 4 rings (SSSR count). The van der Waals surface area contributed by atoms with Crippen LogP contribution in [0.4, 0.5) is 30.5 Å². The summed E-state index contributed by atoms with van der Waals surface area (Å²) in [6, 6.07) is 10.7. The van der Waals surface area contributed by atoms with Gasteiger partial charge in [-0.3, -0.25) is 0 Å². The molecule has 0 spiro atoms. The largest absolute Gasteiger partial charge is 0.370 e. The van der Waals surface area contributed by atoms with Gasteiger partial charge in [0.15, 0.2) is 5.82 Å². The molecule has 162 valence electrons. The van der Waals surface area contributed by atoms with Crippen molar-refractivity contribution in [1.29, 1.82) is 0 Å². The highest BCUT2D eigenvalue weighted by Gasteiger charge is 2.27. The second kappa shape index (κ2) is 8.74. The minimum atomic E-state index is -3.07. The quantitative estimate of drug-likeness (QED) is 0.410. The van der Waals surface area contributed by atoms with Gasteiger partial charge in [0.1, 0.15) is 28.8 Å². The maximum atomic E-state index is 13.9. The first-order valence-electron chi connectivity index (χ1n) is 9.90. The molecule has 1 saturated carbocycles. The van der Waals surface area contributed by atoms with Crippen molar-refractivity contribution in [1.82, 2.24) is 15.0 Å². The summed E-state index contributed by atoms with van der Waals surface area (Å²) < 4.78 is 41.4. The summed E-state index contributed by atoms with van der Waals surface area (Å²) >= 11 is 1.43. The van der Waals surface area contributed by atoms with Crippen LogP contribution in [-0.4, -0.2) is 27.8 Å². The Balaban J connectivity index is 1.70. The molecule has 2 heterocycles. The van der Waals surface area contributed by atoms with Gasteiger partial charge in [0.25, 0.3) is 5.92 Å². The highest BCUT2D eigenvalue weighted by atomic mass is 32.2. The topological polar surface area (TPSA) is 62.7 Å². The number of halogens is 3. The molecule has 0 amide bonds. The molecule has 31 heavy (non-hydrogen) atoms. The average Bonchev–Trinajstić information content (AvgIpc) is 3.56. The van der Waals surface area contributed by atoms with Gasteiger partial charge in [-0.25, -0.2) is 19.3 Å². The van der Waals surface area contributed by atoms with Crippen LogP contribution in [0.2, 0.25) is 0 Å². The molecular weight excluding hydrogens is 423 g/mol. The van der Waals surface area contributed by atoms with Crippen LogP contribution >= 0.6 is 11.8 Å². The van der Waals surface area contributed by atoms with Crippen LogP contribution in [0.5, 0.6) is 0 Å². The number of aromatic nitrogens is 3. The molecule has 1 aliphatic carbocycles. The monoisotopic (exact) mass is 445 g/mol. The Morgan fingerprint density at radius 3 is 2.55 bits per heavy atom. The van der Waals surface area contributed by atoms with E-state index >= 15 is 0 Å². The SMILES string of the molecule is CSc1cc(F)cc(Nc2cc(NCC3CC3)nc(-c3cccc(C(C)(F)F)n3)n2)c1. The predicted molar refractivity (Wildman–Crippen MR) is 118 cm³/mol. The van der Waals surface area contributed by atoms with Crippen molar-refractivity contribution in [2.45, 2.75) is 30.6 Å². The Hall–Kier alpha value is -2.81. The van der Waals surface area contributed by atoms with Crippen molar-refractivity contribution in [3.63, 3.8) is 0 Å². The van der Waals surface area contributed by atoms with E-state index in [1.165, 1.54) is 48.9 Å². The lowest BCUT2D eigenvalue weighted by Crippen LogP contribution is -2.11. The minimum Gasteiger partial charge on any atom is -0.370 e. The number of thioether (sulfide) groups is 1. The summed E-state index contributed by atoms with van der Waals surface area (Å²) in [6.45, 7) is 1.57. The number of hydrogen-bond donors (Lipinski definition) is 2. The lowest BCUT2D eigenvalue weighted by Gasteiger charge is -2.13. The van der Waals surface area contributed by atoms with E-state index in [1.807, 2.05) is 12.3 Å². The van der Waals surface area contributed by atoms with Gasteiger partial charge in [-0.1, -0.05) is 6.07 Å². The molecule has 0 radical (unpaired) electrons. The number of pyridine rings is 1. The number of anilines is 3. The van der Waals surface area contributed by atoms with Gasteiger partial charge in [0.2, 0.25) is 0 Å². The van der Waals surface area contributed by atoms with Crippen LogP contribution in [0.25, 0.3) is 11.5 Å². The van der Waals surface area contributed by atoms with Crippen LogP contribution in [-0.2, 0) is 5.92 Å². The van der Waals surface area contributed by atoms with Crippen LogP contribution in [0.1, 0.15) is 25.5 Å². The van der Waals surface area contributed by atoms with Crippen LogP contribution in [0.3, 0.4) is 0 Å². The van der Waals surface area contributed by atoms with Gasteiger partial charge in [0.05, 0.1) is 0 Å². The number of hydrogen-bond acceptors (Lipinski definition) is 6. The van der Waals surface area contributed by atoms with Crippen LogP contribution in [0, 0.1) is 11.7 Å². The molecule has 0 saturated heterocycles. The van der Waals surface area contributed by atoms with Gasteiger partial charge >= 0.3 is 0 Å². The molecular formula is C22H22F3N5S. The van der Waals surface area contributed by atoms with Gasteiger partial charge in [-0.2, -0.15) is 8.78 Å². The molecule has 3 aromatic rings. The van der Waals surface area contributed by atoms with Crippen molar-refractivity contribution in [3.05, 3.63) is 54.0 Å². The second-order valence-corrected chi connectivity index (χ2v) is 8.47. The van der Waals surface area contributed by atoms with Crippen molar-refractivity contribution in [2.75, 3.05) is 23.4 Å². The average molecular weight is 446 g/mol. The van der Waals surface area contributed by atoms with Crippen molar-refractivity contribution < 1.29 is 13.2 Å². The Labute approximate surface area is 182 Å². The normalized spacial score (nSPS) is 13.8. The molecule has 1 aliphatic rings. The third kappa shape index (κ3) is 5.66. The Bertz CT molecular complexity index is 1080. The van der Waals surface area contributed by atoms with E-state index in [1.54, 1.807) is 12.1 Å². The molecule has 1 aromatic carbocycles. The van der Waals surface area contributed by atoms with E-state index in [9.17, 15) is 13.2 Å². The van der Waals surface area contributed by atoms with Crippen molar-refractivity contribution >= 4 is 29.1 Å². The van der Waals surface area contributed by atoms with Crippen molar-refractivity contribution in [3.8, 4) is 11.5 Å². The number of rotatable bonds is 8. The predicted octanol–water partition coefficient (Wildman–Crippen LogP) is 6.08. The van der Waals surface area contributed by atoms with Gasteiger partial charge < -0.3 is 10.6 Å². The third-order valence-electron chi connectivity index (χ3n) is 4.80. The maximum Gasteiger partial charge on any atom is 0.286 e. The fourth-order valence-corrected chi connectivity index (χ4v) is 3.47. The minimum absolute atomic E-state index is 0.205. The summed E-state index contributed by atoms with van der Waals surface area (Å²) in [5.74, 6) is -1.66. The maximum absolute atomic E-state index is 13.9. The smallest absolute Gasteiger partial charge is 0.286 e. The lowest BCUT2D eigenvalue weighted by atomic mass is 10.2. The zero-order valence-electron chi connectivity index (χ0n) is 17.1. The zero-order valence-corrected chi connectivity index (χ0v) is 17.9. The molecule has 0 atom stereocenters. The summed E-state index contributed by atoms with van der Waals surface area (Å²) in [6.07, 6.45) is 4.21. The number of alkyl halides is 2. The third-order valence-corrected chi connectivity index (χ3v) is 5.51. The molecule has 5 nitrogen and oxygen atoms in total. The van der Waals surface area contributed by atoms with E-state index in [2.05, 4.69) is 25.6 Å². The number of nitrogens with one attached hydrogen (secondary N) is 2. The molecule has 2 aromatic heterocycles. The van der Waals surface area contributed by atoms with E-state index in [0.29, 0.717) is 23.2 Å².